The Morgan fingerprint density at radius 3 is 2.77 bits per heavy atom. The van der Waals surface area contributed by atoms with Crippen LogP contribution in [0.4, 0.5) is 10.1 Å². The van der Waals surface area contributed by atoms with Crippen molar-refractivity contribution < 1.29 is 14.3 Å². The van der Waals surface area contributed by atoms with E-state index in [1.54, 1.807) is 17.0 Å². The van der Waals surface area contributed by atoms with Gasteiger partial charge in [-0.25, -0.2) is 9.18 Å². The van der Waals surface area contributed by atoms with Crippen molar-refractivity contribution in [2.24, 2.45) is 0 Å². The number of rotatable bonds is 4. The molecule has 0 saturated carbocycles. The fourth-order valence-corrected chi connectivity index (χ4v) is 4.35. The molecule has 1 heterocycles. The predicted octanol–water partition coefficient (Wildman–Crippen LogP) is 5.56. The van der Waals surface area contributed by atoms with Crippen LogP contribution in [0.3, 0.4) is 0 Å². The molecule has 0 spiro atoms. The number of fused-ring (bicyclic) bond motifs is 1. The van der Waals surface area contributed by atoms with E-state index in [2.05, 4.69) is 22.9 Å². The van der Waals surface area contributed by atoms with Crippen molar-refractivity contribution >= 4 is 56.6 Å². The van der Waals surface area contributed by atoms with Gasteiger partial charge in [-0.15, -0.1) is 0 Å². The highest BCUT2D eigenvalue weighted by atomic mass is 79.9. The Hall–Kier alpha value is -1.70. The largest absolute Gasteiger partial charge is 0.478 e. The van der Waals surface area contributed by atoms with Gasteiger partial charge in [0.2, 0.25) is 0 Å². The van der Waals surface area contributed by atoms with E-state index in [1.807, 2.05) is 18.2 Å². The lowest BCUT2D eigenvalue weighted by atomic mass is 10.1. The zero-order valence-electron chi connectivity index (χ0n) is 13.8. The molecular weight excluding hydrogens is 437 g/mol. The number of thioether (sulfide) groups is 1. The third-order valence-corrected chi connectivity index (χ3v) is 6.16. The number of aliphatic carboxylic acids is 1. The molecule has 0 bridgehead atoms. The molecule has 0 radical (unpaired) electrons. The van der Waals surface area contributed by atoms with Gasteiger partial charge in [-0.3, -0.25) is 0 Å². The Kier molecular flexibility index (Phi) is 5.79. The van der Waals surface area contributed by atoms with Crippen LogP contribution in [-0.2, 0) is 17.8 Å². The molecule has 0 amide bonds. The highest BCUT2D eigenvalue weighted by Crippen LogP contribution is 2.43. The van der Waals surface area contributed by atoms with E-state index in [0.29, 0.717) is 19.9 Å². The summed E-state index contributed by atoms with van der Waals surface area (Å²) in [5, 5.41) is 9.13. The van der Waals surface area contributed by atoms with Gasteiger partial charge < -0.3 is 10.0 Å². The number of nitrogens with zero attached hydrogens (tertiary/aromatic N) is 1. The summed E-state index contributed by atoms with van der Waals surface area (Å²) in [6.07, 6.45) is 1.97. The molecule has 3 nitrogen and oxygen atoms in total. The van der Waals surface area contributed by atoms with Crippen LogP contribution in [0, 0.1) is 5.82 Å². The van der Waals surface area contributed by atoms with Crippen molar-refractivity contribution in [3.63, 3.8) is 0 Å². The third kappa shape index (κ3) is 4.00. The number of carboxylic acid groups (broad SMARTS) is 1. The molecule has 0 unspecified atom stereocenters. The van der Waals surface area contributed by atoms with Crippen LogP contribution in [-0.4, -0.2) is 16.1 Å². The molecule has 1 N–H and O–H groups in total. The second-order valence-corrected chi connectivity index (χ2v) is 8.12. The van der Waals surface area contributed by atoms with Gasteiger partial charge in [0.05, 0.1) is 17.1 Å². The maximum Gasteiger partial charge on any atom is 0.329 e. The average Bonchev–Trinajstić information content (AvgIpc) is 2.59. The van der Waals surface area contributed by atoms with Crippen molar-refractivity contribution in [1.29, 1.82) is 0 Å². The van der Waals surface area contributed by atoms with Crippen LogP contribution in [0.2, 0.25) is 0 Å². The third-order valence-electron chi connectivity index (χ3n) is 4.00. The SMILES string of the molecule is CCc1ccc2c(c1)N(Cc1ccc(Br)cc1F)C(=S)C(=CC(=O)O)S2. The highest BCUT2D eigenvalue weighted by Gasteiger charge is 2.27. The van der Waals surface area contributed by atoms with Gasteiger partial charge in [0.15, 0.2) is 0 Å². The number of hydrogen-bond donors (Lipinski definition) is 1. The maximum atomic E-state index is 14.3. The summed E-state index contributed by atoms with van der Waals surface area (Å²) >= 11 is 10.1. The number of aryl methyl sites for hydroxylation is 1. The minimum atomic E-state index is -1.06. The summed E-state index contributed by atoms with van der Waals surface area (Å²) in [7, 11) is 0. The minimum Gasteiger partial charge on any atom is -0.478 e. The first-order valence-electron chi connectivity index (χ1n) is 7.90. The molecule has 7 heteroatoms. The lowest BCUT2D eigenvalue weighted by Crippen LogP contribution is -2.33. The zero-order valence-corrected chi connectivity index (χ0v) is 17.0. The van der Waals surface area contributed by atoms with Crippen molar-refractivity contribution in [2.75, 3.05) is 4.90 Å². The highest BCUT2D eigenvalue weighted by molar-refractivity contribution is 9.10. The van der Waals surface area contributed by atoms with Gasteiger partial charge in [0.1, 0.15) is 10.8 Å². The van der Waals surface area contributed by atoms with E-state index in [9.17, 15) is 9.18 Å². The molecule has 1 aliphatic heterocycles. The summed E-state index contributed by atoms with van der Waals surface area (Å²) in [6, 6.07) is 10.9. The quantitative estimate of drug-likeness (QED) is 0.486. The normalized spacial score (nSPS) is 15.3. The second kappa shape index (κ2) is 7.90. The molecule has 0 aliphatic carbocycles. The average molecular weight is 452 g/mol. The molecule has 0 fully saturated rings. The van der Waals surface area contributed by atoms with Gasteiger partial charge in [-0.1, -0.05) is 59.0 Å². The summed E-state index contributed by atoms with van der Waals surface area (Å²) in [5.41, 5.74) is 2.51. The zero-order chi connectivity index (χ0) is 18.8. The van der Waals surface area contributed by atoms with Crippen LogP contribution in [0.5, 0.6) is 0 Å². The fourth-order valence-electron chi connectivity index (χ4n) is 2.67. The van der Waals surface area contributed by atoms with Crippen LogP contribution in [0.1, 0.15) is 18.1 Å². The van der Waals surface area contributed by atoms with E-state index < -0.39 is 5.97 Å². The summed E-state index contributed by atoms with van der Waals surface area (Å²) < 4.78 is 15.0. The number of carbonyl (C=O) groups is 1. The van der Waals surface area contributed by atoms with Crippen LogP contribution in [0.25, 0.3) is 0 Å². The first-order valence-corrected chi connectivity index (χ1v) is 9.92. The monoisotopic (exact) mass is 451 g/mol. The van der Waals surface area contributed by atoms with Gasteiger partial charge in [0, 0.05) is 21.0 Å². The van der Waals surface area contributed by atoms with Crippen LogP contribution >= 0.6 is 39.9 Å². The van der Waals surface area contributed by atoms with E-state index in [4.69, 9.17) is 17.3 Å². The number of halogens is 2. The van der Waals surface area contributed by atoms with Gasteiger partial charge in [-0.05, 0) is 36.2 Å². The molecule has 3 rings (SSSR count). The standard InChI is InChI=1S/C19H15BrFNO2S2/c1-2-11-3-6-16-15(7-11)22(19(25)17(26-16)9-18(23)24)10-12-4-5-13(20)8-14(12)21/h3-9H,2,10H2,1H3,(H,23,24). The molecule has 26 heavy (non-hydrogen) atoms. The lowest BCUT2D eigenvalue weighted by molar-refractivity contribution is -0.131. The van der Waals surface area contributed by atoms with E-state index >= 15 is 0 Å². The Bertz CT molecular complexity index is 930. The van der Waals surface area contributed by atoms with E-state index in [0.717, 1.165) is 28.6 Å². The van der Waals surface area contributed by atoms with E-state index in [-0.39, 0.29) is 12.4 Å². The number of anilines is 1. The smallest absolute Gasteiger partial charge is 0.329 e. The van der Waals surface area contributed by atoms with Crippen molar-refractivity contribution in [3.05, 3.63) is 68.8 Å². The first kappa shape index (κ1) is 19.1. The van der Waals surface area contributed by atoms with Crippen molar-refractivity contribution in [3.8, 4) is 0 Å². The topological polar surface area (TPSA) is 40.5 Å². The molecule has 2 aromatic carbocycles. The lowest BCUT2D eigenvalue weighted by Gasteiger charge is -2.33. The van der Waals surface area contributed by atoms with Gasteiger partial charge >= 0.3 is 5.97 Å². The summed E-state index contributed by atoms with van der Waals surface area (Å²) in [6.45, 7) is 2.29. The fraction of sp³-hybridized carbons (Fsp3) is 0.158. The minimum absolute atomic E-state index is 0.232. The molecular formula is C19H15BrFNO2S2. The second-order valence-electron chi connectivity index (χ2n) is 5.73. The first-order chi connectivity index (χ1) is 12.4. The number of thiocarbonyl (C=S) groups is 1. The molecule has 0 saturated heterocycles. The van der Waals surface area contributed by atoms with Gasteiger partial charge in [0.25, 0.3) is 0 Å². The summed E-state index contributed by atoms with van der Waals surface area (Å²) in [5.74, 6) is -1.39. The van der Waals surface area contributed by atoms with Crippen molar-refractivity contribution in [1.82, 2.24) is 0 Å². The van der Waals surface area contributed by atoms with Crippen LogP contribution in [0.15, 0.2) is 56.7 Å². The summed E-state index contributed by atoms with van der Waals surface area (Å²) in [4.78, 5) is 14.7. The van der Waals surface area contributed by atoms with Gasteiger partial charge in [-0.2, -0.15) is 0 Å². The Morgan fingerprint density at radius 1 is 1.35 bits per heavy atom. The Labute approximate surface area is 169 Å². The van der Waals surface area contributed by atoms with Crippen molar-refractivity contribution in [2.45, 2.75) is 24.8 Å². The van der Waals surface area contributed by atoms with Crippen LogP contribution < -0.4 is 4.90 Å². The maximum absolute atomic E-state index is 14.3. The molecule has 1 aliphatic rings. The molecule has 134 valence electrons. The molecule has 0 atom stereocenters. The van der Waals surface area contributed by atoms with E-state index in [1.165, 1.54) is 17.8 Å². The Morgan fingerprint density at radius 2 is 2.12 bits per heavy atom. The molecule has 0 aromatic heterocycles. The number of hydrogen-bond acceptors (Lipinski definition) is 3. The Balaban J connectivity index is 2.08. The number of benzene rings is 2. The number of carboxylic acids is 1. The molecule has 2 aromatic rings. The predicted molar refractivity (Wildman–Crippen MR) is 110 cm³/mol.